The molecule has 5 nitrogen and oxygen atoms in total. The second kappa shape index (κ2) is 6.98. The van der Waals surface area contributed by atoms with Crippen LogP contribution in [0.5, 0.6) is 0 Å². The minimum absolute atomic E-state index is 0.0541. The Morgan fingerprint density at radius 3 is 3.00 bits per heavy atom. The number of hydrogen-bond donors (Lipinski definition) is 3. The topological polar surface area (TPSA) is 63.7 Å². The van der Waals surface area contributed by atoms with E-state index in [4.69, 9.17) is 0 Å². The molecule has 0 bridgehead atoms. The van der Waals surface area contributed by atoms with E-state index in [0.717, 1.165) is 44.0 Å². The normalized spacial score (nSPS) is 26.7. The molecule has 1 aliphatic rings. The Hall–Kier alpha value is -1.49. The molecule has 0 aliphatic heterocycles. The lowest BCUT2D eigenvalue weighted by Gasteiger charge is -2.39. The first-order valence-corrected chi connectivity index (χ1v) is 7.77. The molecule has 0 radical (unpaired) electrons. The van der Waals surface area contributed by atoms with Gasteiger partial charge in [0.2, 0.25) is 0 Å². The van der Waals surface area contributed by atoms with Crippen LogP contribution in [0.15, 0.2) is 23.3 Å². The van der Waals surface area contributed by atoms with Crippen LogP contribution in [-0.4, -0.2) is 47.7 Å². The van der Waals surface area contributed by atoms with E-state index in [-0.39, 0.29) is 11.5 Å². The molecule has 2 unspecified atom stereocenters. The summed E-state index contributed by atoms with van der Waals surface area (Å²) in [4.78, 5) is 9.64. The fraction of sp³-hybridized carbons (Fsp3) is 0.688. The van der Waals surface area contributed by atoms with Crippen molar-refractivity contribution in [2.45, 2.75) is 45.3 Å². The van der Waals surface area contributed by atoms with Crippen molar-refractivity contribution in [2.24, 2.45) is 10.4 Å². The molecule has 2 rings (SSSR count). The van der Waals surface area contributed by atoms with Crippen molar-refractivity contribution in [3.05, 3.63) is 24.0 Å². The SMILES string of the molecule is CN=C(NCC1(C)CCCCC1O)N(C)Cc1ccc[nH]1. The van der Waals surface area contributed by atoms with Gasteiger partial charge in [-0.3, -0.25) is 4.99 Å². The van der Waals surface area contributed by atoms with E-state index >= 15 is 0 Å². The first-order chi connectivity index (χ1) is 10.0. The van der Waals surface area contributed by atoms with E-state index < -0.39 is 0 Å². The minimum Gasteiger partial charge on any atom is -0.392 e. The monoisotopic (exact) mass is 292 g/mol. The second-order valence-electron chi connectivity index (χ2n) is 6.37. The zero-order valence-corrected chi connectivity index (χ0v) is 13.4. The fourth-order valence-corrected chi connectivity index (χ4v) is 3.05. The van der Waals surface area contributed by atoms with Crippen LogP contribution >= 0.6 is 0 Å². The van der Waals surface area contributed by atoms with Crippen LogP contribution in [-0.2, 0) is 6.54 Å². The number of aliphatic hydroxyl groups excluding tert-OH is 1. The Balaban J connectivity index is 1.90. The summed E-state index contributed by atoms with van der Waals surface area (Å²) in [5.74, 6) is 0.864. The molecule has 1 saturated carbocycles. The third-order valence-corrected chi connectivity index (χ3v) is 4.57. The van der Waals surface area contributed by atoms with Crippen LogP contribution in [0, 0.1) is 5.41 Å². The molecule has 1 aromatic rings. The summed E-state index contributed by atoms with van der Waals surface area (Å²) in [6, 6.07) is 4.06. The highest BCUT2D eigenvalue weighted by atomic mass is 16.3. The van der Waals surface area contributed by atoms with Crippen LogP contribution in [0.2, 0.25) is 0 Å². The molecule has 1 fully saturated rings. The molecule has 1 aromatic heterocycles. The number of H-pyrrole nitrogens is 1. The third-order valence-electron chi connectivity index (χ3n) is 4.57. The first kappa shape index (κ1) is 15.9. The molecule has 0 spiro atoms. The first-order valence-electron chi connectivity index (χ1n) is 7.77. The van der Waals surface area contributed by atoms with Crippen molar-refractivity contribution in [3.8, 4) is 0 Å². The van der Waals surface area contributed by atoms with E-state index in [1.54, 1.807) is 7.05 Å². The zero-order valence-electron chi connectivity index (χ0n) is 13.4. The van der Waals surface area contributed by atoms with Crippen LogP contribution in [0.1, 0.15) is 38.3 Å². The van der Waals surface area contributed by atoms with Gasteiger partial charge in [0.25, 0.3) is 0 Å². The van der Waals surface area contributed by atoms with Crippen LogP contribution < -0.4 is 5.32 Å². The minimum atomic E-state index is -0.217. The maximum absolute atomic E-state index is 10.3. The highest BCUT2D eigenvalue weighted by molar-refractivity contribution is 5.79. The summed E-state index contributed by atoms with van der Waals surface area (Å²) in [5.41, 5.74) is 1.10. The number of aromatic nitrogens is 1. The third kappa shape index (κ3) is 4.00. The predicted octanol–water partition coefficient (Wildman–Crippen LogP) is 1.96. The van der Waals surface area contributed by atoms with Crippen molar-refractivity contribution in [1.29, 1.82) is 0 Å². The number of rotatable bonds is 4. The maximum atomic E-state index is 10.3. The molecule has 118 valence electrons. The molecular weight excluding hydrogens is 264 g/mol. The Morgan fingerprint density at radius 1 is 1.57 bits per heavy atom. The number of hydrogen-bond acceptors (Lipinski definition) is 2. The lowest BCUT2D eigenvalue weighted by molar-refractivity contribution is 0.00369. The fourth-order valence-electron chi connectivity index (χ4n) is 3.05. The Bertz CT molecular complexity index is 457. The van der Waals surface area contributed by atoms with Gasteiger partial charge in [-0.2, -0.15) is 0 Å². The number of nitrogens with one attached hydrogen (secondary N) is 2. The average molecular weight is 292 g/mol. The van der Waals surface area contributed by atoms with E-state index in [0.29, 0.717) is 0 Å². The summed E-state index contributed by atoms with van der Waals surface area (Å²) >= 11 is 0. The van der Waals surface area contributed by atoms with Crippen molar-refractivity contribution in [3.63, 3.8) is 0 Å². The van der Waals surface area contributed by atoms with Gasteiger partial charge in [0, 0.05) is 37.9 Å². The lowest BCUT2D eigenvalue weighted by Crippen LogP contribution is -2.48. The van der Waals surface area contributed by atoms with Gasteiger partial charge in [0.1, 0.15) is 0 Å². The average Bonchev–Trinajstić information content (AvgIpc) is 2.96. The Kier molecular flexibility index (Phi) is 5.28. The van der Waals surface area contributed by atoms with E-state index in [9.17, 15) is 5.11 Å². The highest BCUT2D eigenvalue weighted by Crippen LogP contribution is 2.35. The van der Waals surface area contributed by atoms with Gasteiger partial charge in [-0.25, -0.2) is 0 Å². The summed E-state index contributed by atoms with van der Waals surface area (Å²) in [5, 5.41) is 13.7. The van der Waals surface area contributed by atoms with Crippen LogP contribution in [0.25, 0.3) is 0 Å². The van der Waals surface area contributed by atoms with Crippen LogP contribution in [0.3, 0.4) is 0 Å². The molecule has 1 aliphatic carbocycles. The standard InChI is InChI=1S/C16H28N4O/c1-16(9-5-4-8-14(16)21)12-19-15(17-2)20(3)11-13-7-6-10-18-13/h6-7,10,14,18,21H,4-5,8-9,11-12H2,1-3H3,(H,17,19). The molecular formula is C16H28N4O. The molecule has 0 saturated heterocycles. The largest absolute Gasteiger partial charge is 0.392 e. The molecule has 0 amide bonds. The molecule has 0 aromatic carbocycles. The van der Waals surface area contributed by atoms with Gasteiger partial charge in [-0.05, 0) is 25.0 Å². The van der Waals surface area contributed by atoms with Crippen molar-refractivity contribution < 1.29 is 5.11 Å². The van der Waals surface area contributed by atoms with Gasteiger partial charge < -0.3 is 20.3 Å². The molecule has 3 N–H and O–H groups in total. The predicted molar refractivity (Wildman–Crippen MR) is 86.2 cm³/mol. The van der Waals surface area contributed by atoms with E-state index in [2.05, 4.69) is 33.2 Å². The van der Waals surface area contributed by atoms with Crippen molar-refractivity contribution in [2.75, 3.05) is 20.6 Å². The number of nitrogens with zero attached hydrogens (tertiary/aromatic N) is 2. The van der Waals surface area contributed by atoms with Crippen molar-refractivity contribution in [1.82, 2.24) is 15.2 Å². The van der Waals surface area contributed by atoms with E-state index in [1.807, 2.05) is 19.3 Å². The summed E-state index contributed by atoms with van der Waals surface area (Å²) in [7, 11) is 3.82. The van der Waals surface area contributed by atoms with Gasteiger partial charge >= 0.3 is 0 Å². The van der Waals surface area contributed by atoms with Gasteiger partial charge in [0.05, 0.1) is 12.6 Å². The van der Waals surface area contributed by atoms with E-state index in [1.165, 1.54) is 6.42 Å². The zero-order chi connectivity index (χ0) is 15.3. The number of aliphatic hydroxyl groups is 1. The maximum Gasteiger partial charge on any atom is 0.193 e. The number of guanidine groups is 1. The molecule has 1 heterocycles. The summed E-state index contributed by atoms with van der Waals surface area (Å²) in [6.07, 6.45) is 6.03. The van der Waals surface area contributed by atoms with Gasteiger partial charge in [0.15, 0.2) is 5.96 Å². The second-order valence-corrected chi connectivity index (χ2v) is 6.37. The summed E-state index contributed by atoms with van der Waals surface area (Å²) in [6.45, 7) is 3.71. The molecule has 21 heavy (non-hydrogen) atoms. The molecule has 2 atom stereocenters. The van der Waals surface area contributed by atoms with Gasteiger partial charge in [-0.15, -0.1) is 0 Å². The highest BCUT2D eigenvalue weighted by Gasteiger charge is 2.35. The number of aromatic amines is 1. The number of aliphatic imine (C=N–C) groups is 1. The molecule has 5 heteroatoms. The van der Waals surface area contributed by atoms with Crippen LogP contribution in [0.4, 0.5) is 0 Å². The Morgan fingerprint density at radius 2 is 2.38 bits per heavy atom. The van der Waals surface area contributed by atoms with Crippen molar-refractivity contribution >= 4 is 5.96 Å². The van der Waals surface area contributed by atoms with Gasteiger partial charge in [-0.1, -0.05) is 19.8 Å². The smallest absolute Gasteiger partial charge is 0.193 e. The Labute approximate surface area is 127 Å². The quantitative estimate of drug-likeness (QED) is 0.587. The summed E-state index contributed by atoms with van der Waals surface area (Å²) < 4.78 is 0. The lowest BCUT2D eigenvalue weighted by atomic mass is 9.73.